The van der Waals surface area contributed by atoms with Crippen LogP contribution < -0.4 is 0 Å². The molecule has 0 fully saturated rings. The fourth-order valence-electron chi connectivity index (χ4n) is 0.421. The highest BCUT2D eigenvalue weighted by Gasteiger charge is 1.98. The molecule has 0 aromatic carbocycles. The van der Waals surface area contributed by atoms with Gasteiger partial charge in [-0.1, -0.05) is 6.42 Å². The van der Waals surface area contributed by atoms with Gasteiger partial charge in [-0.25, -0.2) is 0 Å². The van der Waals surface area contributed by atoms with Crippen molar-refractivity contribution in [3.05, 3.63) is 0 Å². The summed E-state index contributed by atoms with van der Waals surface area (Å²) in [6.07, 6.45) is 1.75. The summed E-state index contributed by atoms with van der Waals surface area (Å²) < 4.78 is 0. The minimum Gasteiger partial charge on any atom is -0.413 e. The molecule has 0 aliphatic rings. The minimum absolute atomic E-state index is 0.576. The summed E-state index contributed by atoms with van der Waals surface area (Å²) >= 11 is 5.34. The Labute approximate surface area is 56.0 Å². The molecule has 0 spiro atoms. The van der Waals surface area contributed by atoms with E-state index < -0.39 is 9.28 Å². The van der Waals surface area contributed by atoms with Crippen LogP contribution in [-0.4, -0.2) is 24.8 Å². The van der Waals surface area contributed by atoms with Gasteiger partial charge in [0.05, 0.1) is 0 Å². The van der Waals surface area contributed by atoms with Crippen LogP contribution in [0.5, 0.6) is 0 Å². The third-order valence-electron chi connectivity index (χ3n) is 0.846. The van der Waals surface area contributed by atoms with Gasteiger partial charge in [-0.05, 0) is 12.5 Å². The Balaban J connectivity index is 2.72. The van der Waals surface area contributed by atoms with Crippen LogP contribution in [0.25, 0.3) is 0 Å². The number of rotatable bonds is 4. The fourth-order valence-corrected chi connectivity index (χ4v) is 1.26. The Hall–Kier alpha value is 0.427. The lowest BCUT2D eigenvalue weighted by Gasteiger charge is -1.96. The van der Waals surface area contributed by atoms with Crippen molar-refractivity contribution in [1.29, 1.82) is 0 Å². The van der Waals surface area contributed by atoms with Crippen LogP contribution in [0.2, 0.25) is 6.04 Å². The van der Waals surface area contributed by atoms with Crippen LogP contribution >= 0.6 is 11.6 Å². The molecule has 0 saturated heterocycles. The number of alkyl halides is 1. The summed E-state index contributed by atoms with van der Waals surface area (Å²) in [6, 6.07) is 0.576. The van der Waals surface area contributed by atoms with Crippen molar-refractivity contribution in [2.24, 2.45) is 0 Å². The average Bonchev–Trinajstić information content (AvgIpc) is 1.66. The van der Waals surface area contributed by atoms with Crippen molar-refractivity contribution in [2.45, 2.75) is 18.9 Å². The quantitative estimate of drug-likeness (QED) is 0.345. The van der Waals surface area contributed by atoms with Crippen molar-refractivity contribution in [1.82, 2.24) is 0 Å². The molecule has 0 heterocycles. The first-order valence-electron chi connectivity index (χ1n) is 2.69. The number of unbranched alkanes of at least 4 members (excludes halogenated alkanes) is 1. The van der Waals surface area contributed by atoms with E-state index in [9.17, 15) is 0 Å². The Kier molecular flexibility index (Phi) is 5.86. The smallest absolute Gasteiger partial charge is 0.315 e. The molecule has 0 aromatic rings. The molecule has 0 radical (unpaired) electrons. The molecule has 50 valence electrons. The van der Waals surface area contributed by atoms with Gasteiger partial charge in [-0.3, -0.25) is 0 Å². The summed E-state index contributed by atoms with van der Waals surface area (Å²) in [5, 5.41) is 0. The lowest BCUT2D eigenvalue weighted by atomic mass is 10.4. The molecular formula is C4H11ClO2Si. The molecule has 4 heteroatoms. The van der Waals surface area contributed by atoms with Gasteiger partial charge >= 0.3 is 9.28 Å². The third kappa shape index (κ3) is 6.43. The largest absolute Gasteiger partial charge is 0.413 e. The molecule has 0 unspecified atom stereocenters. The van der Waals surface area contributed by atoms with Crippen molar-refractivity contribution >= 4 is 20.9 Å². The highest BCUT2D eigenvalue weighted by molar-refractivity contribution is 6.40. The summed E-state index contributed by atoms with van der Waals surface area (Å²) in [4.78, 5) is 16.9. The molecule has 0 amide bonds. The molecular weight excluding hydrogens is 144 g/mol. The topological polar surface area (TPSA) is 40.5 Å². The molecule has 0 aromatic heterocycles. The second-order valence-electron chi connectivity index (χ2n) is 1.67. The van der Waals surface area contributed by atoms with E-state index in [0.29, 0.717) is 11.9 Å². The van der Waals surface area contributed by atoms with Crippen LogP contribution in [0.3, 0.4) is 0 Å². The molecule has 8 heavy (non-hydrogen) atoms. The first-order valence-corrected chi connectivity index (χ1v) is 5.08. The highest BCUT2D eigenvalue weighted by Crippen LogP contribution is 1.98. The lowest BCUT2D eigenvalue weighted by molar-refractivity contribution is 0.403. The average molecular weight is 155 g/mol. The van der Waals surface area contributed by atoms with Crippen molar-refractivity contribution in [3.8, 4) is 0 Å². The zero-order valence-corrected chi connectivity index (χ0v) is 6.59. The molecule has 2 N–H and O–H groups in total. The maximum Gasteiger partial charge on any atom is 0.315 e. The molecule has 0 atom stereocenters. The first kappa shape index (κ1) is 8.43. The van der Waals surface area contributed by atoms with Crippen molar-refractivity contribution < 1.29 is 9.59 Å². The normalized spacial score (nSPS) is 10.5. The van der Waals surface area contributed by atoms with E-state index in [0.717, 1.165) is 12.8 Å². The van der Waals surface area contributed by atoms with Gasteiger partial charge in [0, 0.05) is 5.88 Å². The maximum absolute atomic E-state index is 8.43. The Morgan fingerprint density at radius 2 is 1.88 bits per heavy atom. The summed E-state index contributed by atoms with van der Waals surface area (Å²) in [7, 11) is -2.26. The SMILES string of the molecule is O[SiH](O)CCCCCl. The van der Waals surface area contributed by atoms with Gasteiger partial charge in [-0.2, -0.15) is 0 Å². The second-order valence-corrected chi connectivity index (χ2v) is 3.58. The van der Waals surface area contributed by atoms with Gasteiger partial charge in [-0.15, -0.1) is 11.6 Å². The highest BCUT2D eigenvalue weighted by atomic mass is 35.5. The van der Waals surface area contributed by atoms with Gasteiger partial charge in [0.25, 0.3) is 0 Å². The summed E-state index contributed by atoms with van der Waals surface area (Å²) in [5.74, 6) is 0.626. The molecule has 0 bridgehead atoms. The van der Waals surface area contributed by atoms with Crippen molar-refractivity contribution in [2.75, 3.05) is 5.88 Å². The molecule has 0 aliphatic carbocycles. The predicted octanol–water partition coefficient (Wildman–Crippen LogP) is 0.210. The van der Waals surface area contributed by atoms with E-state index in [1.165, 1.54) is 0 Å². The third-order valence-corrected chi connectivity index (χ3v) is 2.04. The number of hydrogen-bond donors (Lipinski definition) is 2. The molecule has 0 aliphatic heterocycles. The number of hydrogen-bond acceptors (Lipinski definition) is 2. The summed E-state index contributed by atoms with van der Waals surface area (Å²) in [5.41, 5.74) is 0. The zero-order chi connectivity index (χ0) is 6.41. The van der Waals surface area contributed by atoms with E-state index in [2.05, 4.69) is 0 Å². The van der Waals surface area contributed by atoms with Crippen molar-refractivity contribution in [3.63, 3.8) is 0 Å². The van der Waals surface area contributed by atoms with Crippen LogP contribution in [0.1, 0.15) is 12.8 Å². The van der Waals surface area contributed by atoms with Crippen LogP contribution in [0, 0.1) is 0 Å². The van der Waals surface area contributed by atoms with E-state index in [1.54, 1.807) is 0 Å². The monoisotopic (exact) mass is 154 g/mol. The summed E-state index contributed by atoms with van der Waals surface area (Å²) in [6.45, 7) is 0. The fraction of sp³-hybridized carbons (Fsp3) is 1.00. The molecule has 0 rings (SSSR count). The Morgan fingerprint density at radius 1 is 1.25 bits per heavy atom. The van der Waals surface area contributed by atoms with E-state index in [4.69, 9.17) is 21.2 Å². The van der Waals surface area contributed by atoms with Crippen LogP contribution in [0.15, 0.2) is 0 Å². The maximum atomic E-state index is 8.43. The van der Waals surface area contributed by atoms with E-state index >= 15 is 0 Å². The van der Waals surface area contributed by atoms with Gasteiger partial charge in [0.1, 0.15) is 0 Å². The van der Waals surface area contributed by atoms with Crippen LogP contribution in [0.4, 0.5) is 0 Å². The lowest BCUT2D eigenvalue weighted by Crippen LogP contribution is -2.09. The van der Waals surface area contributed by atoms with E-state index in [-0.39, 0.29) is 0 Å². The van der Waals surface area contributed by atoms with E-state index in [1.807, 2.05) is 0 Å². The molecule has 2 nitrogen and oxygen atoms in total. The zero-order valence-electron chi connectivity index (χ0n) is 4.68. The van der Waals surface area contributed by atoms with Gasteiger partial charge in [0.15, 0.2) is 0 Å². The molecule has 0 saturated carbocycles. The predicted molar refractivity (Wildman–Crippen MR) is 36.3 cm³/mol. The standard InChI is InChI=1S/C4H11ClO2Si/c5-3-1-2-4-8(6)7/h6-8H,1-4H2. The Bertz CT molecular complexity index is 51.3. The van der Waals surface area contributed by atoms with Gasteiger partial charge in [0.2, 0.25) is 0 Å². The van der Waals surface area contributed by atoms with Crippen LogP contribution in [-0.2, 0) is 0 Å². The first-order chi connectivity index (χ1) is 3.77. The minimum atomic E-state index is -2.26. The van der Waals surface area contributed by atoms with Gasteiger partial charge < -0.3 is 9.59 Å². The Morgan fingerprint density at radius 3 is 2.25 bits per heavy atom. The number of halogens is 1. The second kappa shape index (κ2) is 5.56.